The van der Waals surface area contributed by atoms with Crippen LogP contribution in [0.1, 0.15) is 32.8 Å². The summed E-state index contributed by atoms with van der Waals surface area (Å²) >= 11 is 24.3. The second-order valence-corrected chi connectivity index (χ2v) is 11.7. The molecule has 192 valence electrons. The van der Waals surface area contributed by atoms with Crippen molar-refractivity contribution >= 4 is 73.9 Å². The zero-order chi connectivity index (χ0) is 26.5. The summed E-state index contributed by atoms with van der Waals surface area (Å²) in [6.45, 7) is 4.74. The van der Waals surface area contributed by atoms with Crippen LogP contribution in [0.25, 0.3) is 0 Å². The van der Waals surface area contributed by atoms with Gasteiger partial charge >= 0.3 is 0 Å². The summed E-state index contributed by atoms with van der Waals surface area (Å²) in [5.41, 5.74) is 0.712. The lowest BCUT2D eigenvalue weighted by molar-refractivity contribution is -0.139. The molecular formula is C23H27Cl4N3O4S. The molecule has 2 aromatic rings. The van der Waals surface area contributed by atoms with Gasteiger partial charge in [0.05, 0.1) is 22.0 Å². The number of carbonyl (C=O) groups excluding carboxylic acids is 2. The average molecular weight is 583 g/mol. The van der Waals surface area contributed by atoms with E-state index >= 15 is 0 Å². The number of nitrogens with one attached hydrogen (secondary N) is 1. The van der Waals surface area contributed by atoms with Crippen molar-refractivity contribution in [3.05, 3.63) is 62.1 Å². The minimum atomic E-state index is -3.89. The van der Waals surface area contributed by atoms with Crippen molar-refractivity contribution in [2.75, 3.05) is 17.1 Å². The molecule has 0 radical (unpaired) electrons. The van der Waals surface area contributed by atoms with Gasteiger partial charge in [-0.15, -0.1) is 0 Å². The van der Waals surface area contributed by atoms with Crippen LogP contribution in [-0.2, 0) is 26.2 Å². The molecule has 0 fully saturated rings. The highest BCUT2D eigenvalue weighted by atomic mass is 35.5. The van der Waals surface area contributed by atoms with Crippen LogP contribution in [0.2, 0.25) is 20.1 Å². The van der Waals surface area contributed by atoms with E-state index in [0.29, 0.717) is 22.0 Å². The van der Waals surface area contributed by atoms with E-state index in [1.165, 1.54) is 29.2 Å². The molecule has 12 heteroatoms. The number of amides is 2. The van der Waals surface area contributed by atoms with Gasteiger partial charge in [0.25, 0.3) is 0 Å². The molecule has 7 nitrogen and oxygen atoms in total. The Bertz CT molecular complexity index is 1190. The van der Waals surface area contributed by atoms with Gasteiger partial charge in [-0.05, 0) is 56.2 Å². The molecule has 0 saturated heterocycles. The maximum Gasteiger partial charge on any atom is 0.244 e. The maximum absolute atomic E-state index is 13.5. The molecule has 2 rings (SSSR count). The molecule has 0 spiro atoms. The number of sulfonamides is 1. The highest BCUT2D eigenvalue weighted by molar-refractivity contribution is 7.92. The van der Waals surface area contributed by atoms with E-state index in [-0.39, 0.29) is 34.2 Å². The third-order valence-electron chi connectivity index (χ3n) is 5.39. The van der Waals surface area contributed by atoms with Gasteiger partial charge in [-0.1, -0.05) is 59.4 Å². The summed E-state index contributed by atoms with van der Waals surface area (Å²) in [5.74, 6) is -0.988. The lowest BCUT2D eigenvalue weighted by atomic mass is 10.1. The molecular weight excluding hydrogens is 556 g/mol. The second kappa shape index (κ2) is 12.5. The minimum Gasteiger partial charge on any atom is -0.352 e. The topological polar surface area (TPSA) is 86.8 Å². The first-order valence-corrected chi connectivity index (χ1v) is 14.1. The number of halogens is 4. The Morgan fingerprint density at radius 1 is 0.971 bits per heavy atom. The molecule has 0 saturated carbocycles. The number of rotatable bonds is 10. The quantitative estimate of drug-likeness (QED) is 0.406. The summed E-state index contributed by atoms with van der Waals surface area (Å²) in [7, 11) is -3.89. The highest BCUT2D eigenvalue weighted by Crippen LogP contribution is 2.29. The van der Waals surface area contributed by atoms with Crippen LogP contribution in [0.5, 0.6) is 0 Å². The summed E-state index contributed by atoms with van der Waals surface area (Å²) < 4.78 is 26.1. The van der Waals surface area contributed by atoms with Crippen LogP contribution in [-0.4, -0.2) is 50.0 Å². The van der Waals surface area contributed by atoms with Crippen LogP contribution in [0.4, 0.5) is 5.69 Å². The van der Waals surface area contributed by atoms with Gasteiger partial charge in [-0.3, -0.25) is 13.9 Å². The molecule has 0 heterocycles. The van der Waals surface area contributed by atoms with E-state index in [1.54, 1.807) is 19.1 Å². The predicted octanol–water partition coefficient (Wildman–Crippen LogP) is 5.40. The van der Waals surface area contributed by atoms with Gasteiger partial charge in [0.2, 0.25) is 21.8 Å². The number of hydrogen-bond donors (Lipinski definition) is 1. The van der Waals surface area contributed by atoms with Gasteiger partial charge in [0.1, 0.15) is 12.6 Å². The number of nitrogens with zero attached hydrogens (tertiary/aromatic N) is 2. The van der Waals surface area contributed by atoms with Gasteiger partial charge in [-0.25, -0.2) is 8.42 Å². The first-order chi connectivity index (χ1) is 16.2. The third kappa shape index (κ3) is 8.15. The van der Waals surface area contributed by atoms with Crippen molar-refractivity contribution < 1.29 is 18.0 Å². The highest BCUT2D eigenvalue weighted by Gasteiger charge is 2.31. The van der Waals surface area contributed by atoms with E-state index < -0.39 is 28.5 Å². The third-order valence-corrected chi connectivity index (χ3v) is 7.86. The maximum atomic E-state index is 13.5. The molecule has 0 unspecified atom stereocenters. The van der Waals surface area contributed by atoms with Gasteiger partial charge in [0, 0.05) is 22.6 Å². The Balaban J connectivity index is 2.44. The summed E-state index contributed by atoms with van der Waals surface area (Å²) in [5, 5.41) is 3.96. The molecule has 2 atom stereocenters. The number of benzene rings is 2. The summed E-state index contributed by atoms with van der Waals surface area (Å²) in [6, 6.07) is 8.02. The van der Waals surface area contributed by atoms with Crippen molar-refractivity contribution in [3.63, 3.8) is 0 Å². The zero-order valence-electron chi connectivity index (χ0n) is 19.7. The summed E-state index contributed by atoms with van der Waals surface area (Å²) in [6.07, 6.45) is 1.68. The van der Waals surface area contributed by atoms with Crippen molar-refractivity contribution in [2.24, 2.45) is 0 Å². The molecule has 1 N–H and O–H groups in total. The number of hydrogen-bond acceptors (Lipinski definition) is 4. The first-order valence-electron chi connectivity index (χ1n) is 10.7. The largest absolute Gasteiger partial charge is 0.352 e. The normalized spacial score (nSPS) is 13.1. The Morgan fingerprint density at radius 3 is 2.17 bits per heavy atom. The lowest BCUT2D eigenvalue weighted by Crippen LogP contribution is -2.52. The molecule has 0 bridgehead atoms. The zero-order valence-corrected chi connectivity index (χ0v) is 23.5. The SMILES string of the molecule is CC[C@@H](C)NC(=O)[C@@H](C)N(Cc1ccc(Cl)cc1Cl)C(=O)CN(c1ccc(Cl)c(Cl)c1)S(C)(=O)=O. The number of anilines is 1. The van der Waals surface area contributed by atoms with E-state index in [9.17, 15) is 18.0 Å². The molecule has 0 aliphatic rings. The smallest absolute Gasteiger partial charge is 0.244 e. The molecule has 0 aromatic heterocycles. The van der Waals surface area contributed by atoms with Crippen LogP contribution in [0.15, 0.2) is 36.4 Å². The fourth-order valence-corrected chi connectivity index (χ4v) is 4.74. The van der Waals surface area contributed by atoms with Crippen LogP contribution >= 0.6 is 46.4 Å². The Hall–Kier alpha value is -1.71. The first kappa shape index (κ1) is 29.5. The molecule has 0 aliphatic heterocycles. The summed E-state index contributed by atoms with van der Waals surface area (Å²) in [4.78, 5) is 27.7. The van der Waals surface area contributed by atoms with Crippen LogP contribution in [0.3, 0.4) is 0 Å². The lowest BCUT2D eigenvalue weighted by Gasteiger charge is -2.32. The fraction of sp³-hybridized carbons (Fsp3) is 0.391. The monoisotopic (exact) mass is 581 g/mol. The van der Waals surface area contributed by atoms with Crippen molar-refractivity contribution in [1.82, 2.24) is 10.2 Å². The van der Waals surface area contributed by atoms with Crippen molar-refractivity contribution in [1.29, 1.82) is 0 Å². The van der Waals surface area contributed by atoms with E-state index in [0.717, 1.165) is 10.6 Å². The Kier molecular flexibility index (Phi) is 10.5. The van der Waals surface area contributed by atoms with Crippen molar-refractivity contribution in [2.45, 2.75) is 45.8 Å². The Morgan fingerprint density at radius 2 is 1.63 bits per heavy atom. The average Bonchev–Trinajstić information content (AvgIpc) is 2.77. The second-order valence-electron chi connectivity index (χ2n) is 8.12. The Labute approximate surface area is 226 Å². The molecule has 35 heavy (non-hydrogen) atoms. The van der Waals surface area contributed by atoms with E-state index in [4.69, 9.17) is 46.4 Å². The predicted molar refractivity (Wildman–Crippen MR) is 143 cm³/mol. The van der Waals surface area contributed by atoms with Gasteiger partial charge in [-0.2, -0.15) is 0 Å². The fourth-order valence-electron chi connectivity index (χ4n) is 3.14. The number of carbonyl (C=O) groups is 2. The van der Waals surface area contributed by atoms with Crippen LogP contribution in [0, 0.1) is 0 Å². The standard InChI is InChI=1S/C23H27Cl4N3O4S/c1-5-14(2)28-23(32)15(3)29(12-16-6-7-17(24)10-20(16)26)22(31)13-30(35(4,33)34)18-8-9-19(25)21(27)11-18/h6-11,14-15H,5,12-13H2,1-4H3,(H,28,32)/t14-,15-/m1/s1. The van der Waals surface area contributed by atoms with Gasteiger partial charge in [0.15, 0.2) is 0 Å². The van der Waals surface area contributed by atoms with Crippen LogP contribution < -0.4 is 9.62 Å². The van der Waals surface area contributed by atoms with Gasteiger partial charge < -0.3 is 10.2 Å². The molecule has 2 aromatic carbocycles. The van der Waals surface area contributed by atoms with E-state index in [2.05, 4.69) is 5.32 Å². The molecule has 2 amide bonds. The molecule has 0 aliphatic carbocycles. The minimum absolute atomic E-state index is 0.0388. The van der Waals surface area contributed by atoms with Crippen molar-refractivity contribution in [3.8, 4) is 0 Å². The van der Waals surface area contributed by atoms with E-state index in [1.807, 2.05) is 13.8 Å².